The van der Waals surface area contributed by atoms with E-state index in [2.05, 4.69) is 0 Å². The molecule has 1 fully saturated rings. The van der Waals surface area contributed by atoms with Crippen LogP contribution in [-0.2, 0) is 18.5 Å². The van der Waals surface area contributed by atoms with Crippen LogP contribution in [0.1, 0.15) is 13.8 Å². The fourth-order valence-electron chi connectivity index (χ4n) is 1.81. The Hall–Kier alpha value is -0.295. The molecule has 4 nitrogen and oxygen atoms in total. The zero-order valence-corrected chi connectivity index (χ0v) is 9.37. The molecule has 2 atom stereocenters. The number of carbonyl (C=O) groups is 1. The van der Waals surface area contributed by atoms with Crippen LogP contribution < -0.4 is 0 Å². The van der Waals surface area contributed by atoms with Gasteiger partial charge in [0.05, 0.1) is 6.61 Å². The van der Waals surface area contributed by atoms with E-state index in [0.29, 0.717) is 0 Å². The molecule has 0 saturated carbocycles. The predicted octanol–water partition coefficient (Wildman–Crippen LogP) is 0.496. The molecule has 1 radical (unpaired) electrons. The maximum Gasteiger partial charge on any atom is 0.209 e. The van der Waals surface area contributed by atoms with Crippen molar-refractivity contribution in [2.24, 2.45) is 0 Å². The molecule has 2 aliphatic rings. The molecule has 1 aliphatic carbocycles. The number of rotatable bonds is 4. The van der Waals surface area contributed by atoms with Crippen molar-refractivity contribution in [3.63, 3.8) is 0 Å². The van der Waals surface area contributed by atoms with Crippen molar-refractivity contribution in [1.29, 1.82) is 1.34 Å². The zero-order chi connectivity index (χ0) is 11.8. The summed E-state index contributed by atoms with van der Waals surface area (Å²) in [6, 6.07) is 0. The molecule has 0 bridgehead atoms. The lowest BCUT2D eigenvalue weighted by Crippen LogP contribution is -2.25. The van der Waals surface area contributed by atoms with Crippen molar-refractivity contribution >= 4 is 24.8 Å². The highest BCUT2D eigenvalue weighted by Crippen LogP contribution is 2.36. The van der Waals surface area contributed by atoms with Crippen LogP contribution in [0.3, 0.4) is 0 Å². The molecule has 0 aromatic rings. The summed E-state index contributed by atoms with van der Waals surface area (Å²) in [5.74, 6) is -0.798. The second-order valence-electron chi connectivity index (χ2n) is 3.96. The Morgan fingerprint density at radius 2 is 2.40 bits per heavy atom. The molecule has 1 aliphatic heterocycles. The predicted molar refractivity (Wildman–Crippen MR) is 57.6 cm³/mol. The van der Waals surface area contributed by atoms with Gasteiger partial charge in [-0.3, -0.25) is 4.79 Å². The Balaban J connectivity index is 2.00. The van der Waals surface area contributed by atoms with E-state index >= 15 is 0 Å². The molecule has 0 N–H and O–H groups in total. The quantitative estimate of drug-likeness (QED) is 0.399. The molecule has 1 heterocycles. The fourth-order valence-corrected chi connectivity index (χ4v) is 2.02. The molecule has 1 unspecified atom stereocenters. The van der Waals surface area contributed by atoms with Gasteiger partial charge >= 0.3 is 0 Å². The van der Waals surface area contributed by atoms with Crippen molar-refractivity contribution < 1.29 is 18.5 Å². The van der Waals surface area contributed by atoms with Crippen LogP contribution in [0.5, 0.6) is 0 Å². The van der Waals surface area contributed by atoms with Gasteiger partial charge in [-0.25, -0.2) is 0 Å². The third kappa shape index (κ3) is 2.13. The number of carbonyl (C=O) groups excluding carboxylic acids is 1. The molecule has 6 heteroatoms. The minimum atomic E-state index is -0.723. The standard InChI is InChI=1S/C9H12BO4S/c1-9(2)13-7-5(4-12-15-10)3-6(11)8(7)14-9/h3,7-8,10H,4H2,1-2H3/t7-,8?/m1/s1/i10T. The van der Waals surface area contributed by atoms with E-state index in [0.717, 1.165) is 24.6 Å². The topological polar surface area (TPSA) is 44.8 Å². The molecular weight excluding hydrogens is 215 g/mol. The molecule has 0 amide bonds. The number of fused-ring (bicyclic) bond motifs is 1. The first-order valence-electron chi connectivity index (χ1n) is 5.19. The van der Waals surface area contributed by atoms with Gasteiger partial charge in [0, 0.05) is 0 Å². The van der Waals surface area contributed by atoms with Gasteiger partial charge in [-0.15, -0.1) is 0 Å². The summed E-state index contributed by atoms with van der Waals surface area (Å²) in [7, 11) is 1.09. The van der Waals surface area contributed by atoms with E-state index in [1.807, 2.05) is 0 Å². The zero-order valence-electron chi connectivity index (χ0n) is 9.56. The highest BCUT2D eigenvalue weighted by atomic mass is 32.2. The Morgan fingerprint density at radius 3 is 3.13 bits per heavy atom. The third-order valence-electron chi connectivity index (χ3n) is 2.36. The van der Waals surface area contributed by atoms with Crippen molar-refractivity contribution in [3.8, 4) is 0 Å². The van der Waals surface area contributed by atoms with E-state index in [9.17, 15) is 4.79 Å². The summed E-state index contributed by atoms with van der Waals surface area (Å²) in [4.78, 5) is 11.6. The first kappa shape index (κ1) is 9.90. The van der Waals surface area contributed by atoms with Gasteiger partial charge in [0.25, 0.3) is 0 Å². The maximum atomic E-state index is 11.6. The van der Waals surface area contributed by atoms with Gasteiger partial charge in [0.1, 0.15) is 6.10 Å². The average molecular weight is 229 g/mol. The van der Waals surface area contributed by atoms with E-state index in [4.69, 9.17) is 15.0 Å². The molecule has 0 spiro atoms. The van der Waals surface area contributed by atoms with Gasteiger partial charge in [-0.1, -0.05) is 11.9 Å². The summed E-state index contributed by atoms with van der Waals surface area (Å²) in [5.41, 5.74) is 0.773. The fraction of sp³-hybridized carbons (Fsp3) is 0.667. The van der Waals surface area contributed by atoms with Crippen molar-refractivity contribution in [2.45, 2.75) is 31.8 Å². The molecule has 0 aromatic carbocycles. The summed E-state index contributed by atoms with van der Waals surface area (Å²) < 4.78 is 23.0. The van der Waals surface area contributed by atoms with E-state index < -0.39 is 11.9 Å². The van der Waals surface area contributed by atoms with Crippen molar-refractivity contribution in [2.75, 3.05) is 6.61 Å². The first-order chi connectivity index (χ1) is 7.53. The van der Waals surface area contributed by atoms with E-state index in [1.54, 1.807) is 13.8 Å². The van der Waals surface area contributed by atoms with Gasteiger partial charge in [-0.05, 0) is 26.8 Å². The molecule has 1 saturated heterocycles. The highest BCUT2D eigenvalue weighted by Gasteiger charge is 2.49. The summed E-state index contributed by atoms with van der Waals surface area (Å²) in [6.07, 6.45) is 0.641. The van der Waals surface area contributed by atoms with Crippen LogP contribution in [0.2, 0.25) is 0 Å². The summed E-state index contributed by atoms with van der Waals surface area (Å²) in [5, 5.41) is 0. The second kappa shape index (κ2) is 3.94. The average Bonchev–Trinajstić information content (AvgIpc) is 2.64. The lowest BCUT2D eigenvalue weighted by atomic mass is 10.2. The lowest BCUT2D eigenvalue weighted by Gasteiger charge is -2.18. The number of ketones is 1. The number of hydrogen-bond donors (Lipinski definition) is 0. The van der Waals surface area contributed by atoms with Gasteiger partial charge < -0.3 is 13.7 Å². The maximum absolute atomic E-state index is 11.6. The first-order valence-corrected chi connectivity index (χ1v) is 5.42. The van der Waals surface area contributed by atoms with Gasteiger partial charge in [-0.2, -0.15) is 0 Å². The summed E-state index contributed by atoms with van der Waals surface area (Å²) >= 11 is 0.923. The van der Waals surface area contributed by atoms with Crippen LogP contribution in [0.4, 0.5) is 0 Å². The Morgan fingerprint density at radius 1 is 1.67 bits per heavy atom. The van der Waals surface area contributed by atoms with Crippen molar-refractivity contribution in [3.05, 3.63) is 11.6 Å². The normalized spacial score (nSPS) is 33.6. The van der Waals surface area contributed by atoms with Crippen LogP contribution in [0.25, 0.3) is 0 Å². The largest absolute Gasteiger partial charge is 0.340 e. The second-order valence-corrected chi connectivity index (χ2v) is 4.38. The minimum Gasteiger partial charge on any atom is -0.340 e. The van der Waals surface area contributed by atoms with Gasteiger partial charge in [0.15, 0.2) is 17.7 Å². The third-order valence-corrected chi connectivity index (χ3v) is 2.62. The molecular formula is C9H12BO4S. The highest BCUT2D eigenvalue weighted by molar-refractivity contribution is 8.15. The Kier molecular flexibility index (Phi) is 2.60. The van der Waals surface area contributed by atoms with Crippen LogP contribution in [0, 0.1) is 0 Å². The number of hydrogen-bond acceptors (Lipinski definition) is 5. The van der Waals surface area contributed by atoms with Crippen LogP contribution in [-0.4, -0.2) is 38.8 Å². The summed E-state index contributed by atoms with van der Waals surface area (Å²) in [6.45, 7) is 3.83. The minimum absolute atomic E-state index is 0.0750. The van der Waals surface area contributed by atoms with E-state index in [1.165, 1.54) is 6.08 Å². The van der Waals surface area contributed by atoms with Gasteiger partial charge in [0.2, 0.25) is 7.09 Å². The van der Waals surface area contributed by atoms with Crippen LogP contribution in [0.15, 0.2) is 11.6 Å². The molecule has 2 rings (SSSR count). The smallest absolute Gasteiger partial charge is 0.209 e. The van der Waals surface area contributed by atoms with Crippen molar-refractivity contribution in [1.82, 2.24) is 0 Å². The van der Waals surface area contributed by atoms with E-state index in [-0.39, 0.29) is 18.5 Å². The molecule has 0 aromatic heterocycles. The molecule has 81 valence electrons. The van der Waals surface area contributed by atoms with Crippen LogP contribution >= 0.6 is 11.9 Å². The Labute approximate surface area is 95.2 Å². The molecule has 15 heavy (non-hydrogen) atoms. The Bertz CT molecular complexity index is 333. The monoisotopic (exact) mass is 229 g/mol. The lowest BCUT2D eigenvalue weighted by molar-refractivity contribution is -0.153. The SMILES string of the molecule is [3H][B]SOCC1=CC(=O)C2OC(C)(C)O[C@H]12. The number of ether oxygens (including phenoxy) is 2.